The topological polar surface area (TPSA) is 18.5 Å². The number of hydrogen-bond acceptors (Lipinski definition) is 3. The Morgan fingerprint density at radius 1 is 1.17 bits per heavy atom. The normalized spacial score (nSPS) is 21.7. The molecule has 3 nitrogen and oxygen atoms in total. The number of nitrogens with one attached hydrogen (secondary N) is 1. The molecule has 0 amide bonds. The molecule has 0 spiro atoms. The minimum absolute atomic E-state index is 0.329. The second kappa shape index (κ2) is 7.46. The van der Waals surface area contributed by atoms with Gasteiger partial charge in [-0.1, -0.05) is 13.8 Å². The Labute approximate surface area is 114 Å². The minimum atomic E-state index is 0.329. The van der Waals surface area contributed by atoms with Gasteiger partial charge >= 0.3 is 0 Å². The fourth-order valence-corrected chi connectivity index (χ4v) is 2.53. The van der Waals surface area contributed by atoms with Crippen LogP contribution in [0.15, 0.2) is 0 Å². The second-order valence-electron chi connectivity index (χ2n) is 6.80. The quantitative estimate of drug-likeness (QED) is 0.702. The number of hydrogen-bond donors (Lipinski definition) is 1. The van der Waals surface area contributed by atoms with Gasteiger partial charge in [0.05, 0.1) is 0 Å². The highest BCUT2D eigenvalue weighted by atomic mass is 15.3. The van der Waals surface area contributed by atoms with Crippen molar-refractivity contribution in [2.45, 2.75) is 46.1 Å². The summed E-state index contributed by atoms with van der Waals surface area (Å²) in [5.41, 5.74) is 0.329. The van der Waals surface area contributed by atoms with Gasteiger partial charge in [0, 0.05) is 38.3 Å². The standard InChI is InChI=1S/C15H33N3/c1-14(2)7-6-8-16-9-10-18-12-11-17(5)15(3,4)13-18/h14,16H,6-13H2,1-5H3. The lowest BCUT2D eigenvalue weighted by Crippen LogP contribution is -2.58. The molecule has 108 valence electrons. The molecule has 0 aromatic carbocycles. The third kappa shape index (κ3) is 5.68. The summed E-state index contributed by atoms with van der Waals surface area (Å²) in [4.78, 5) is 5.06. The summed E-state index contributed by atoms with van der Waals surface area (Å²) in [7, 11) is 2.24. The molecule has 1 rings (SSSR count). The SMILES string of the molecule is CC(C)CCCNCCN1CCN(C)C(C)(C)C1. The van der Waals surface area contributed by atoms with Gasteiger partial charge in [0.15, 0.2) is 0 Å². The van der Waals surface area contributed by atoms with Crippen LogP contribution in [-0.2, 0) is 0 Å². The van der Waals surface area contributed by atoms with E-state index in [9.17, 15) is 0 Å². The first-order valence-corrected chi connectivity index (χ1v) is 7.56. The van der Waals surface area contributed by atoms with E-state index in [1.54, 1.807) is 0 Å². The van der Waals surface area contributed by atoms with Gasteiger partial charge in [-0.2, -0.15) is 0 Å². The lowest BCUT2D eigenvalue weighted by molar-refractivity contribution is 0.0407. The zero-order valence-electron chi connectivity index (χ0n) is 13.1. The maximum atomic E-state index is 3.57. The largest absolute Gasteiger partial charge is 0.315 e. The van der Waals surface area contributed by atoms with E-state index in [0.717, 1.165) is 12.5 Å². The van der Waals surface area contributed by atoms with Gasteiger partial charge in [-0.15, -0.1) is 0 Å². The van der Waals surface area contributed by atoms with Gasteiger partial charge in [-0.25, -0.2) is 0 Å². The molecule has 0 aliphatic carbocycles. The Balaban J connectivity index is 2.06. The summed E-state index contributed by atoms with van der Waals surface area (Å²) in [6.45, 7) is 16.4. The number of rotatable bonds is 7. The Hall–Kier alpha value is -0.120. The van der Waals surface area contributed by atoms with Crippen molar-refractivity contribution >= 4 is 0 Å². The summed E-state index contributed by atoms with van der Waals surface area (Å²) in [5, 5.41) is 3.57. The molecule has 18 heavy (non-hydrogen) atoms. The lowest BCUT2D eigenvalue weighted by Gasteiger charge is -2.45. The van der Waals surface area contributed by atoms with Crippen LogP contribution in [0.25, 0.3) is 0 Å². The predicted octanol–water partition coefficient (Wildman–Crippen LogP) is 2.04. The number of piperazine rings is 1. The van der Waals surface area contributed by atoms with Crippen molar-refractivity contribution in [3.63, 3.8) is 0 Å². The Morgan fingerprint density at radius 3 is 2.50 bits per heavy atom. The smallest absolute Gasteiger partial charge is 0.0277 e. The molecule has 1 saturated heterocycles. The maximum Gasteiger partial charge on any atom is 0.0277 e. The Morgan fingerprint density at radius 2 is 1.89 bits per heavy atom. The van der Waals surface area contributed by atoms with E-state index in [-0.39, 0.29) is 0 Å². The van der Waals surface area contributed by atoms with Crippen molar-refractivity contribution in [3.8, 4) is 0 Å². The number of likely N-dealkylation sites (N-methyl/N-ethyl adjacent to an activating group) is 1. The fourth-order valence-electron chi connectivity index (χ4n) is 2.53. The molecule has 0 aromatic heterocycles. The average molecular weight is 255 g/mol. The van der Waals surface area contributed by atoms with Gasteiger partial charge in [-0.3, -0.25) is 9.80 Å². The van der Waals surface area contributed by atoms with E-state index in [0.29, 0.717) is 5.54 Å². The zero-order chi connectivity index (χ0) is 13.6. The van der Waals surface area contributed by atoms with E-state index >= 15 is 0 Å². The third-order valence-corrected chi connectivity index (χ3v) is 4.14. The van der Waals surface area contributed by atoms with Crippen molar-refractivity contribution in [3.05, 3.63) is 0 Å². The Kier molecular flexibility index (Phi) is 6.61. The zero-order valence-corrected chi connectivity index (χ0v) is 13.1. The summed E-state index contributed by atoms with van der Waals surface area (Å²) in [5.74, 6) is 0.838. The molecule has 0 unspecified atom stereocenters. The van der Waals surface area contributed by atoms with Gasteiger partial charge in [0.25, 0.3) is 0 Å². The predicted molar refractivity (Wildman–Crippen MR) is 80.1 cm³/mol. The minimum Gasteiger partial charge on any atom is -0.315 e. The maximum absolute atomic E-state index is 3.57. The van der Waals surface area contributed by atoms with Crippen LogP contribution in [0.3, 0.4) is 0 Å². The van der Waals surface area contributed by atoms with Crippen molar-refractivity contribution < 1.29 is 0 Å². The van der Waals surface area contributed by atoms with Crippen molar-refractivity contribution in [1.29, 1.82) is 0 Å². The molecule has 1 heterocycles. The molecule has 1 aliphatic rings. The van der Waals surface area contributed by atoms with Gasteiger partial charge in [0.2, 0.25) is 0 Å². The first kappa shape index (κ1) is 15.9. The molecule has 1 N–H and O–H groups in total. The van der Waals surface area contributed by atoms with Crippen LogP contribution in [0.5, 0.6) is 0 Å². The van der Waals surface area contributed by atoms with Crippen LogP contribution in [-0.4, -0.2) is 61.7 Å². The van der Waals surface area contributed by atoms with E-state index in [1.807, 2.05) is 0 Å². The monoisotopic (exact) mass is 255 g/mol. The molecule has 0 atom stereocenters. The van der Waals surface area contributed by atoms with Crippen molar-refractivity contribution in [2.24, 2.45) is 5.92 Å². The fraction of sp³-hybridized carbons (Fsp3) is 1.00. The van der Waals surface area contributed by atoms with Crippen LogP contribution in [0.2, 0.25) is 0 Å². The first-order valence-electron chi connectivity index (χ1n) is 7.56. The van der Waals surface area contributed by atoms with Crippen molar-refractivity contribution in [2.75, 3.05) is 46.3 Å². The molecule has 0 aromatic rings. The van der Waals surface area contributed by atoms with E-state index in [4.69, 9.17) is 0 Å². The third-order valence-electron chi connectivity index (χ3n) is 4.14. The van der Waals surface area contributed by atoms with E-state index < -0.39 is 0 Å². The summed E-state index contributed by atoms with van der Waals surface area (Å²) >= 11 is 0. The van der Waals surface area contributed by atoms with E-state index in [1.165, 1.54) is 45.6 Å². The first-order chi connectivity index (χ1) is 8.42. The molecule has 3 heteroatoms. The molecule has 1 fully saturated rings. The highest BCUT2D eigenvalue weighted by molar-refractivity contribution is 4.88. The van der Waals surface area contributed by atoms with Gasteiger partial charge in [0.1, 0.15) is 0 Å². The van der Waals surface area contributed by atoms with Crippen LogP contribution in [0.1, 0.15) is 40.5 Å². The molecule has 1 aliphatic heterocycles. The van der Waals surface area contributed by atoms with Crippen LogP contribution in [0.4, 0.5) is 0 Å². The van der Waals surface area contributed by atoms with Gasteiger partial charge < -0.3 is 5.32 Å². The molecule has 0 radical (unpaired) electrons. The molecule has 0 saturated carbocycles. The second-order valence-corrected chi connectivity index (χ2v) is 6.80. The molecular formula is C15H33N3. The molecule has 0 bridgehead atoms. The summed E-state index contributed by atoms with van der Waals surface area (Å²) in [6.07, 6.45) is 2.65. The molecular weight excluding hydrogens is 222 g/mol. The van der Waals surface area contributed by atoms with Crippen LogP contribution < -0.4 is 5.32 Å². The Bertz CT molecular complexity index is 226. The average Bonchev–Trinajstić information content (AvgIpc) is 2.27. The van der Waals surface area contributed by atoms with Crippen molar-refractivity contribution in [1.82, 2.24) is 15.1 Å². The highest BCUT2D eigenvalue weighted by Gasteiger charge is 2.30. The number of nitrogens with zero attached hydrogens (tertiary/aromatic N) is 2. The van der Waals surface area contributed by atoms with Crippen LogP contribution in [0, 0.1) is 5.92 Å². The van der Waals surface area contributed by atoms with Gasteiger partial charge in [-0.05, 0) is 46.2 Å². The van der Waals surface area contributed by atoms with E-state index in [2.05, 4.69) is 49.9 Å². The summed E-state index contributed by atoms with van der Waals surface area (Å²) in [6, 6.07) is 0. The summed E-state index contributed by atoms with van der Waals surface area (Å²) < 4.78 is 0. The highest BCUT2D eigenvalue weighted by Crippen LogP contribution is 2.18. The van der Waals surface area contributed by atoms with Crippen LogP contribution >= 0.6 is 0 Å². The lowest BCUT2D eigenvalue weighted by atomic mass is 10.00.